The van der Waals surface area contributed by atoms with Gasteiger partial charge in [0.05, 0.1) is 6.04 Å². The summed E-state index contributed by atoms with van der Waals surface area (Å²) in [6.45, 7) is 6.37. The number of rotatable bonds is 3. The first-order valence-electron chi connectivity index (χ1n) is 5.11. The molecule has 1 heterocycles. The molecular weight excluding hydrogens is 164 g/mol. The number of carbonyl (C=O) groups is 1. The minimum atomic E-state index is 0.0989. The third kappa shape index (κ3) is 1.85. The molecule has 0 aromatic carbocycles. The molecule has 1 aliphatic carbocycles. The Hall–Kier alpha value is -0.570. The van der Waals surface area contributed by atoms with Gasteiger partial charge in [-0.25, -0.2) is 0 Å². The summed E-state index contributed by atoms with van der Waals surface area (Å²) in [6.07, 6.45) is 2.26. The van der Waals surface area contributed by atoms with Crippen molar-refractivity contribution < 1.29 is 4.79 Å². The van der Waals surface area contributed by atoms with E-state index in [0.717, 1.165) is 19.5 Å². The summed E-state index contributed by atoms with van der Waals surface area (Å²) in [5.41, 5.74) is 0.473. The quantitative estimate of drug-likeness (QED) is 0.667. The highest BCUT2D eigenvalue weighted by Gasteiger charge is 2.45. The molecule has 0 aromatic rings. The molecule has 0 radical (unpaired) electrons. The van der Waals surface area contributed by atoms with E-state index in [1.165, 1.54) is 6.42 Å². The van der Waals surface area contributed by atoms with E-state index in [2.05, 4.69) is 24.5 Å². The van der Waals surface area contributed by atoms with E-state index in [9.17, 15) is 4.79 Å². The van der Waals surface area contributed by atoms with Crippen LogP contribution >= 0.6 is 0 Å². The summed E-state index contributed by atoms with van der Waals surface area (Å²) in [6, 6.07) is 0.0989. The Morgan fingerprint density at radius 1 is 1.62 bits per heavy atom. The number of hydrogen-bond acceptors (Lipinski definition) is 2. The van der Waals surface area contributed by atoms with Gasteiger partial charge in [-0.3, -0.25) is 4.79 Å². The van der Waals surface area contributed by atoms with Crippen LogP contribution in [0, 0.1) is 11.3 Å². The Morgan fingerprint density at radius 3 is 2.62 bits per heavy atom. The summed E-state index contributed by atoms with van der Waals surface area (Å²) in [7, 11) is 0. The van der Waals surface area contributed by atoms with Crippen molar-refractivity contribution in [2.45, 2.75) is 32.7 Å². The molecular formula is C10H18N2O. The predicted octanol–water partition coefficient (Wildman–Crippen LogP) is 0.511. The molecule has 2 fully saturated rings. The molecule has 2 atom stereocenters. The average molecular weight is 182 g/mol. The molecule has 2 N–H and O–H groups in total. The molecule has 0 aromatic heterocycles. The van der Waals surface area contributed by atoms with E-state index in [1.807, 2.05) is 0 Å². The van der Waals surface area contributed by atoms with Gasteiger partial charge in [-0.1, -0.05) is 13.8 Å². The van der Waals surface area contributed by atoms with Crippen LogP contribution in [0.15, 0.2) is 0 Å². The zero-order valence-electron chi connectivity index (χ0n) is 8.39. The monoisotopic (exact) mass is 182 g/mol. The summed E-state index contributed by atoms with van der Waals surface area (Å²) < 4.78 is 0. The lowest BCUT2D eigenvalue weighted by Gasteiger charge is -2.26. The third-order valence-electron chi connectivity index (χ3n) is 3.38. The van der Waals surface area contributed by atoms with Crippen LogP contribution in [-0.4, -0.2) is 25.0 Å². The Labute approximate surface area is 79.3 Å². The Bertz CT molecular complexity index is 221. The Balaban J connectivity index is 1.65. The fourth-order valence-electron chi connectivity index (χ4n) is 1.78. The van der Waals surface area contributed by atoms with E-state index in [-0.39, 0.29) is 11.9 Å². The van der Waals surface area contributed by atoms with Crippen LogP contribution < -0.4 is 10.6 Å². The van der Waals surface area contributed by atoms with Crippen molar-refractivity contribution >= 4 is 5.91 Å². The highest BCUT2D eigenvalue weighted by Crippen LogP contribution is 2.50. The first-order valence-corrected chi connectivity index (χ1v) is 5.11. The molecule has 2 aliphatic rings. The van der Waals surface area contributed by atoms with Crippen LogP contribution in [0.2, 0.25) is 0 Å². The zero-order chi connectivity index (χ0) is 9.47. The van der Waals surface area contributed by atoms with Gasteiger partial charge in [-0.05, 0) is 30.7 Å². The second kappa shape index (κ2) is 2.98. The van der Waals surface area contributed by atoms with Crippen molar-refractivity contribution in [3.8, 4) is 0 Å². The fraction of sp³-hybridized carbons (Fsp3) is 0.900. The summed E-state index contributed by atoms with van der Waals surface area (Å²) in [4.78, 5) is 11.4. The van der Waals surface area contributed by atoms with E-state index >= 15 is 0 Å². The van der Waals surface area contributed by atoms with E-state index in [0.29, 0.717) is 11.3 Å². The minimum Gasteiger partial charge on any atom is -0.354 e. The second-order valence-corrected chi connectivity index (χ2v) is 4.93. The first kappa shape index (κ1) is 9.00. The summed E-state index contributed by atoms with van der Waals surface area (Å²) in [5, 5.41) is 6.10. The van der Waals surface area contributed by atoms with Gasteiger partial charge in [0.25, 0.3) is 0 Å². The van der Waals surface area contributed by atoms with E-state index < -0.39 is 0 Å². The number of nitrogens with one attached hydrogen (secondary N) is 2. The van der Waals surface area contributed by atoms with Crippen molar-refractivity contribution in [3.63, 3.8) is 0 Å². The standard InChI is InChI=1S/C10H18N2O/c1-10(2)5-7(10)6-12-9(13)8-3-4-11-8/h7-8,11H,3-6H2,1-2H3,(H,12,13)/t7?,8-/m1/s1. The van der Waals surface area contributed by atoms with Crippen molar-refractivity contribution in [3.05, 3.63) is 0 Å². The van der Waals surface area contributed by atoms with Gasteiger partial charge >= 0.3 is 0 Å². The fourth-order valence-corrected chi connectivity index (χ4v) is 1.78. The lowest BCUT2D eigenvalue weighted by atomic mass is 10.1. The van der Waals surface area contributed by atoms with Gasteiger partial charge in [0.15, 0.2) is 0 Å². The number of amides is 1. The highest BCUT2D eigenvalue weighted by atomic mass is 16.2. The van der Waals surface area contributed by atoms with Crippen molar-refractivity contribution in [2.24, 2.45) is 11.3 Å². The average Bonchev–Trinajstić information content (AvgIpc) is 2.51. The SMILES string of the molecule is CC1(C)CC1CNC(=O)[C@H]1CCN1. The number of carbonyl (C=O) groups excluding carboxylic acids is 1. The van der Waals surface area contributed by atoms with Gasteiger partial charge < -0.3 is 10.6 Å². The highest BCUT2D eigenvalue weighted by molar-refractivity contribution is 5.82. The van der Waals surface area contributed by atoms with Crippen LogP contribution in [-0.2, 0) is 4.79 Å². The largest absolute Gasteiger partial charge is 0.354 e. The first-order chi connectivity index (χ1) is 6.09. The molecule has 3 nitrogen and oxygen atoms in total. The van der Waals surface area contributed by atoms with Crippen molar-refractivity contribution in [2.75, 3.05) is 13.1 Å². The second-order valence-electron chi connectivity index (χ2n) is 4.93. The molecule has 1 saturated carbocycles. The molecule has 2 rings (SSSR count). The van der Waals surface area contributed by atoms with Crippen LogP contribution in [0.3, 0.4) is 0 Å². The molecule has 1 amide bonds. The van der Waals surface area contributed by atoms with E-state index in [1.54, 1.807) is 0 Å². The normalized spacial score (nSPS) is 34.9. The van der Waals surface area contributed by atoms with Crippen LogP contribution in [0.4, 0.5) is 0 Å². The van der Waals surface area contributed by atoms with Crippen molar-refractivity contribution in [1.29, 1.82) is 0 Å². The summed E-state index contributed by atoms with van der Waals surface area (Å²) >= 11 is 0. The maximum Gasteiger partial charge on any atom is 0.237 e. The molecule has 1 aliphatic heterocycles. The molecule has 3 heteroatoms. The van der Waals surface area contributed by atoms with Gasteiger partial charge in [-0.15, -0.1) is 0 Å². The molecule has 0 bridgehead atoms. The van der Waals surface area contributed by atoms with Crippen LogP contribution in [0.25, 0.3) is 0 Å². The predicted molar refractivity (Wildman–Crippen MR) is 51.3 cm³/mol. The number of hydrogen-bond donors (Lipinski definition) is 2. The van der Waals surface area contributed by atoms with Gasteiger partial charge in [0, 0.05) is 6.54 Å². The van der Waals surface area contributed by atoms with E-state index in [4.69, 9.17) is 0 Å². The van der Waals surface area contributed by atoms with Crippen LogP contribution in [0.1, 0.15) is 26.7 Å². The van der Waals surface area contributed by atoms with Gasteiger partial charge in [0.2, 0.25) is 5.91 Å². The zero-order valence-corrected chi connectivity index (χ0v) is 8.39. The van der Waals surface area contributed by atoms with Gasteiger partial charge in [0.1, 0.15) is 0 Å². The molecule has 1 unspecified atom stereocenters. The Morgan fingerprint density at radius 2 is 2.23 bits per heavy atom. The maximum atomic E-state index is 11.4. The topological polar surface area (TPSA) is 41.1 Å². The Kier molecular flexibility index (Phi) is 2.06. The summed E-state index contributed by atoms with van der Waals surface area (Å²) in [5.74, 6) is 0.894. The third-order valence-corrected chi connectivity index (χ3v) is 3.38. The lowest BCUT2D eigenvalue weighted by molar-refractivity contribution is -0.124. The smallest absolute Gasteiger partial charge is 0.237 e. The van der Waals surface area contributed by atoms with Crippen molar-refractivity contribution in [1.82, 2.24) is 10.6 Å². The molecule has 74 valence electrons. The van der Waals surface area contributed by atoms with Crippen LogP contribution in [0.5, 0.6) is 0 Å². The van der Waals surface area contributed by atoms with Gasteiger partial charge in [-0.2, -0.15) is 0 Å². The molecule has 1 saturated heterocycles. The molecule has 0 spiro atoms. The lowest BCUT2D eigenvalue weighted by Crippen LogP contribution is -2.53. The molecule has 13 heavy (non-hydrogen) atoms. The maximum absolute atomic E-state index is 11.4. The minimum absolute atomic E-state index is 0.0989.